The Hall–Kier alpha value is -1.35. The number of Topliss-reactive ketones (excluding diaryl/α,β-unsaturated/α-hetero) is 1. The van der Waals surface area contributed by atoms with Crippen molar-refractivity contribution in [1.82, 2.24) is 0 Å². The Kier molecular flexibility index (Phi) is 2.49. The minimum Gasteiger partial charge on any atom is -0.496 e. The molecule has 0 saturated carbocycles. The van der Waals surface area contributed by atoms with Gasteiger partial charge in [0.05, 0.1) is 20.3 Å². The number of hydrogen-bond donors (Lipinski definition) is 0. The number of benzene rings is 1. The monoisotopic (exact) mass is 206 g/mol. The zero-order valence-corrected chi connectivity index (χ0v) is 8.95. The smallest absolute Gasteiger partial charge is 0.145 e. The lowest BCUT2D eigenvalue weighted by Crippen LogP contribution is -2.52. The highest BCUT2D eigenvalue weighted by molar-refractivity contribution is 5.90. The second-order valence-electron chi connectivity index (χ2n) is 3.83. The molecule has 0 atom stereocenters. The van der Waals surface area contributed by atoms with Crippen LogP contribution in [0.4, 0.5) is 0 Å². The Morgan fingerprint density at radius 2 is 2.07 bits per heavy atom. The van der Waals surface area contributed by atoms with Crippen molar-refractivity contribution >= 4 is 5.78 Å². The van der Waals surface area contributed by atoms with Gasteiger partial charge < -0.3 is 9.47 Å². The number of para-hydroxylation sites is 1. The fraction of sp³-hybridized carbons (Fsp3) is 0.417. The third-order valence-electron chi connectivity index (χ3n) is 2.99. The van der Waals surface area contributed by atoms with Crippen molar-refractivity contribution in [3.63, 3.8) is 0 Å². The molecule has 1 heterocycles. The van der Waals surface area contributed by atoms with Crippen molar-refractivity contribution in [2.75, 3.05) is 20.3 Å². The first-order valence-corrected chi connectivity index (χ1v) is 4.93. The summed E-state index contributed by atoms with van der Waals surface area (Å²) in [7, 11) is 1.62. The van der Waals surface area contributed by atoms with Crippen molar-refractivity contribution in [2.45, 2.75) is 12.3 Å². The summed E-state index contributed by atoms with van der Waals surface area (Å²) in [5.41, 5.74) is 0.457. The predicted octanol–water partition coefficient (Wildman–Crippen LogP) is 1.55. The van der Waals surface area contributed by atoms with Crippen LogP contribution in [0.15, 0.2) is 24.3 Å². The summed E-state index contributed by atoms with van der Waals surface area (Å²) in [6, 6.07) is 7.62. The van der Waals surface area contributed by atoms with E-state index in [2.05, 4.69) is 0 Å². The van der Waals surface area contributed by atoms with Gasteiger partial charge in [-0.3, -0.25) is 4.79 Å². The summed E-state index contributed by atoms with van der Waals surface area (Å²) < 4.78 is 10.4. The van der Waals surface area contributed by atoms with Crippen LogP contribution in [0.2, 0.25) is 0 Å². The van der Waals surface area contributed by atoms with E-state index in [0.717, 1.165) is 11.3 Å². The first kappa shape index (κ1) is 10.2. The fourth-order valence-electron chi connectivity index (χ4n) is 1.89. The van der Waals surface area contributed by atoms with Crippen LogP contribution in [-0.2, 0) is 14.9 Å². The molecular formula is C12H14O3. The highest BCUT2D eigenvalue weighted by Gasteiger charge is 2.46. The molecule has 2 rings (SSSR count). The number of hydrogen-bond acceptors (Lipinski definition) is 3. The van der Waals surface area contributed by atoms with E-state index in [0.29, 0.717) is 13.2 Å². The molecule has 1 fully saturated rings. The van der Waals surface area contributed by atoms with Crippen LogP contribution < -0.4 is 4.74 Å². The Morgan fingerprint density at radius 3 is 2.53 bits per heavy atom. The molecule has 1 saturated heterocycles. The maximum absolute atomic E-state index is 11.7. The lowest BCUT2D eigenvalue weighted by molar-refractivity contribution is -0.140. The maximum Gasteiger partial charge on any atom is 0.145 e. The Bertz CT molecular complexity index is 380. The van der Waals surface area contributed by atoms with E-state index in [-0.39, 0.29) is 5.78 Å². The average Bonchev–Trinajstić information content (AvgIpc) is 2.16. The number of ketones is 1. The molecule has 0 N–H and O–H groups in total. The standard InChI is InChI=1S/C12H14O3/c1-9(13)12(7-15-8-12)10-5-3-4-6-11(10)14-2/h3-6H,7-8H2,1-2H3. The largest absolute Gasteiger partial charge is 0.496 e. The van der Waals surface area contributed by atoms with E-state index in [1.54, 1.807) is 14.0 Å². The van der Waals surface area contributed by atoms with Crippen LogP contribution in [0.1, 0.15) is 12.5 Å². The molecule has 0 radical (unpaired) electrons. The summed E-state index contributed by atoms with van der Waals surface area (Å²) in [6.45, 7) is 2.53. The van der Waals surface area contributed by atoms with Gasteiger partial charge >= 0.3 is 0 Å². The minimum absolute atomic E-state index is 0.137. The molecule has 3 heteroatoms. The van der Waals surface area contributed by atoms with Crippen LogP contribution in [0.5, 0.6) is 5.75 Å². The minimum atomic E-state index is -0.480. The van der Waals surface area contributed by atoms with E-state index < -0.39 is 5.41 Å². The van der Waals surface area contributed by atoms with Gasteiger partial charge in [-0.05, 0) is 13.0 Å². The highest BCUT2D eigenvalue weighted by atomic mass is 16.5. The van der Waals surface area contributed by atoms with Gasteiger partial charge in [0, 0.05) is 5.56 Å². The molecule has 0 spiro atoms. The SMILES string of the molecule is COc1ccccc1C1(C(C)=O)COC1. The van der Waals surface area contributed by atoms with E-state index in [1.165, 1.54) is 0 Å². The van der Waals surface area contributed by atoms with Crippen molar-refractivity contribution in [2.24, 2.45) is 0 Å². The van der Waals surface area contributed by atoms with E-state index in [1.807, 2.05) is 24.3 Å². The molecular weight excluding hydrogens is 192 g/mol. The van der Waals surface area contributed by atoms with Gasteiger partial charge in [0.1, 0.15) is 16.9 Å². The number of rotatable bonds is 3. The number of carbonyl (C=O) groups is 1. The van der Waals surface area contributed by atoms with Crippen LogP contribution in [0, 0.1) is 0 Å². The summed E-state index contributed by atoms with van der Waals surface area (Å²) in [6.07, 6.45) is 0. The Morgan fingerprint density at radius 1 is 1.40 bits per heavy atom. The molecule has 0 aliphatic carbocycles. The molecule has 1 aliphatic rings. The van der Waals surface area contributed by atoms with Gasteiger partial charge in [-0.2, -0.15) is 0 Å². The average molecular weight is 206 g/mol. The molecule has 1 aliphatic heterocycles. The van der Waals surface area contributed by atoms with Gasteiger partial charge in [-0.15, -0.1) is 0 Å². The topological polar surface area (TPSA) is 35.5 Å². The van der Waals surface area contributed by atoms with Crippen LogP contribution >= 0.6 is 0 Å². The van der Waals surface area contributed by atoms with Crippen molar-refractivity contribution in [1.29, 1.82) is 0 Å². The molecule has 1 aromatic carbocycles. The number of ether oxygens (including phenoxy) is 2. The molecule has 0 amide bonds. The quantitative estimate of drug-likeness (QED) is 0.752. The molecule has 1 aromatic rings. The molecule has 15 heavy (non-hydrogen) atoms. The zero-order valence-electron chi connectivity index (χ0n) is 8.95. The second kappa shape index (κ2) is 3.66. The number of methoxy groups -OCH3 is 1. The Labute approximate surface area is 89.0 Å². The summed E-state index contributed by atoms with van der Waals surface area (Å²) >= 11 is 0. The van der Waals surface area contributed by atoms with Crippen LogP contribution in [-0.4, -0.2) is 26.1 Å². The summed E-state index contributed by atoms with van der Waals surface area (Å²) in [5.74, 6) is 0.897. The molecule has 0 bridgehead atoms. The zero-order chi connectivity index (χ0) is 10.9. The lowest BCUT2D eigenvalue weighted by Gasteiger charge is -2.40. The third kappa shape index (κ3) is 1.43. The van der Waals surface area contributed by atoms with E-state index >= 15 is 0 Å². The summed E-state index contributed by atoms with van der Waals surface area (Å²) in [4.78, 5) is 11.7. The maximum atomic E-state index is 11.7. The van der Waals surface area contributed by atoms with E-state index in [9.17, 15) is 4.79 Å². The number of carbonyl (C=O) groups excluding carboxylic acids is 1. The van der Waals surface area contributed by atoms with Gasteiger partial charge in [-0.1, -0.05) is 18.2 Å². The van der Waals surface area contributed by atoms with Crippen molar-refractivity contribution in [3.8, 4) is 5.75 Å². The normalized spacial score (nSPS) is 18.0. The Balaban J connectivity index is 2.47. The molecule has 0 unspecified atom stereocenters. The first-order chi connectivity index (χ1) is 7.20. The van der Waals surface area contributed by atoms with Crippen LogP contribution in [0.25, 0.3) is 0 Å². The van der Waals surface area contributed by atoms with Gasteiger partial charge in [-0.25, -0.2) is 0 Å². The predicted molar refractivity (Wildman–Crippen MR) is 56.2 cm³/mol. The van der Waals surface area contributed by atoms with Crippen molar-refractivity contribution < 1.29 is 14.3 Å². The van der Waals surface area contributed by atoms with Crippen LogP contribution in [0.3, 0.4) is 0 Å². The van der Waals surface area contributed by atoms with Gasteiger partial charge in [0.2, 0.25) is 0 Å². The fourth-order valence-corrected chi connectivity index (χ4v) is 1.89. The highest BCUT2D eigenvalue weighted by Crippen LogP contribution is 2.38. The van der Waals surface area contributed by atoms with Gasteiger partial charge in [0.25, 0.3) is 0 Å². The molecule has 0 aromatic heterocycles. The summed E-state index contributed by atoms with van der Waals surface area (Å²) in [5, 5.41) is 0. The van der Waals surface area contributed by atoms with Crippen molar-refractivity contribution in [3.05, 3.63) is 29.8 Å². The van der Waals surface area contributed by atoms with Gasteiger partial charge in [0.15, 0.2) is 0 Å². The molecule has 80 valence electrons. The third-order valence-corrected chi connectivity index (χ3v) is 2.99. The first-order valence-electron chi connectivity index (χ1n) is 4.93. The van der Waals surface area contributed by atoms with E-state index in [4.69, 9.17) is 9.47 Å². The second-order valence-corrected chi connectivity index (χ2v) is 3.83. The lowest BCUT2D eigenvalue weighted by atomic mass is 9.75. The molecule has 3 nitrogen and oxygen atoms in total.